The van der Waals surface area contributed by atoms with Gasteiger partial charge in [0.15, 0.2) is 0 Å². The average molecular weight is 313 g/mol. The molecule has 116 valence electrons. The summed E-state index contributed by atoms with van der Waals surface area (Å²) < 4.78 is 31.4. The molecule has 0 heterocycles. The Balaban J connectivity index is 2.61. The van der Waals surface area contributed by atoms with Crippen LogP contribution in [0.5, 0.6) is 0 Å². The molecule has 1 rings (SSSR count). The lowest BCUT2D eigenvalue weighted by atomic mass is 10.2. The van der Waals surface area contributed by atoms with E-state index < -0.39 is 16.0 Å². The van der Waals surface area contributed by atoms with E-state index in [4.69, 9.17) is 9.84 Å². The minimum absolute atomic E-state index is 0.154. The van der Waals surface area contributed by atoms with Crippen molar-refractivity contribution in [2.24, 2.45) is 0 Å². The zero-order chi connectivity index (χ0) is 15.7. The summed E-state index contributed by atoms with van der Waals surface area (Å²) in [5.41, 5.74) is 0.622. The van der Waals surface area contributed by atoms with E-state index in [1.807, 2.05) is 0 Å². The maximum Gasteiger partial charge on any atom is 0.328 e. The smallest absolute Gasteiger partial charge is 0.328 e. The SMILES string of the molecule is COCCCCNS(=O)(=O)c1ccc(C=CC(=O)O)cc1. The molecule has 21 heavy (non-hydrogen) atoms. The van der Waals surface area contributed by atoms with Crippen molar-refractivity contribution < 1.29 is 23.1 Å². The number of carbonyl (C=O) groups is 1. The number of benzene rings is 1. The van der Waals surface area contributed by atoms with Gasteiger partial charge in [0.1, 0.15) is 0 Å². The topological polar surface area (TPSA) is 92.7 Å². The van der Waals surface area contributed by atoms with Gasteiger partial charge < -0.3 is 9.84 Å². The Morgan fingerprint density at radius 1 is 1.29 bits per heavy atom. The zero-order valence-corrected chi connectivity index (χ0v) is 12.6. The number of methoxy groups -OCH3 is 1. The molecular formula is C14H19NO5S. The molecule has 0 amide bonds. The third-order valence-electron chi connectivity index (χ3n) is 2.68. The molecule has 0 aliphatic carbocycles. The summed E-state index contributed by atoms with van der Waals surface area (Å²) in [6, 6.07) is 6.00. The van der Waals surface area contributed by atoms with Crippen LogP contribution in [0.4, 0.5) is 0 Å². The number of unbranched alkanes of at least 4 members (excludes halogenated alkanes) is 1. The van der Waals surface area contributed by atoms with Gasteiger partial charge in [-0.15, -0.1) is 0 Å². The lowest BCUT2D eigenvalue weighted by molar-refractivity contribution is -0.131. The normalized spacial score (nSPS) is 11.9. The summed E-state index contributed by atoms with van der Waals surface area (Å²) in [6.07, 6.45) is 3.89. The summed E-state index contributed by atoms with van der Waals surface area (Å²) in [4.78, 5) is 10.5. The van der Waals surface area contributed by atoms with E-state index in [-0.39, 0.29) is 4.90 Å². The first-order valence-electron chi connectivity index (χ1n) is 6.45. The number of aliphatic carboxylic acids is 1. The van der Waals surface area contributed by atoms with Crippen LogP contribution in [0.15, 0.2) is 35.2 Å². The highest BCUT2D eigenvalue weighted by atomic mass is 32.2. The molecule has 0 atom stereocenters. The van der Waals surface area contributed by atoms with Gasteiger partial charge in [0, 0.05) is 26.3 Å². The molecule has 6 nitrogen and oxygen atoms in total. The van der Waals surface area contributed by atoms with Gasteiger partial charge in [-0.05, 0) is 36.6 Å². The van der Waals surface area contributed by atoms with Crippen molar-refractivity contribution in [3.63, 3.8) is 0 Å². The van der Waals surface area contributed by atoms with Crippen LogP contribution in [-0.4, -0.2) is 39.8 Å². The maximum atomic E-state index is 12.0. The highest BCUT2D eigenvalue weighted by molar-refractivity contribution is 7.89. The van der Waals surface area contributed by atoms with Gasteiger partial charge in [-0.2, -0.15) is 0 Å². The molecule has 1 aromatic rings. The van der Waals surface area contributed by atoms with Gasteiger partial charge in [-0.25, -0.2) is 17.9 Å². The van der Waals surface area contributed by atoms with Crippen molar-refractivity contribution in [1.82, 2.24) is 4.72 Å². The van der Waals surface area contributed by atoms with Gasteiger partial charge in [0.25, 0.3) is 0 Å². The van der Waals surface area contributed by atoms with Crippen molar-refractivity contribution in [1.29, 1.82) is 0 Å². The molecule has 7 heteroatoms. The largest absolute Gasteiger partial charge is 0.478 e. The Hall–Kier alpha value is -1.70. The van der Waals surface area contributed by atoms with Crippen LogP contribution in [0.1, 0.15) is 18.4 Å². The Bertz CT molecular complexity index is 578. The number of carboxylic acid groups (broad SMARTS) is 1. The summed E-state index contributed by atoms with van der Waals surface area (Å²) in [7, 11) is -1.93. The molecule has 0 radical (unpaired) electrons. The fraction of sp³-hybridized carbons (Fsp3) is 0.357. The Morgan fingerprint density at radius 2 is 1.95 bits per heavy atom. The lowest BCUT2D eigenvalue weighted by Gasteiger charge is -2.07. The molecule has 0 bridgehead atoms. The van der Waals surface area contributed by atoms with Crippen LogP contribution in [-0.2, 0) is 19.6 Å². The van der Waals surface area contributed by atoms with Crippen molar-refractivity contribution in [2.45, 2.75) is 17.7 Å². The van der Waals surface area contributed by atoms with Crippen molar-refractivity contribution in [2.75, 3.05) is 20.3 Å². The van der Waals surface area contributed by atoms with Crippen LogP contribution < -0.4 is 4.72 Å². The maximum absolute atomic E-state index is 12.0. The Labute approximate surface area is 124 Å². The lowest BCUT2D eigenvalue weighted by Crippen LogP contribution is -2.24. The fourth-order valence-corrected chi connectivity index (χ4v) is 2.66. The van der Waals surface area contributed by atoms with Crippen molar-refractivity contribution >= 4 is 22.1 Å². The fourth-order valence-electron chi connectivity index (χ4n) is 1.59. The molecule has 0 aliphatic rings. The molecule has 0 saturated heterocycles. The van der Waals surface area contributed by atoms with Gasteiger partial charge in [0.05, 0.1) is 4.90 Å². The molecule has 1 aromatic carbocycles. The Morgan fingerprint density at radius 3 is 2.52 bits per heavy atom. The second-order valence-electron chi connectivity index (χ2n) is 4.34. The number of ether oxygens (including phenoxy) is 1. The minimum Gasteiger partial charge on any atom is -0.478 e. The van der Waals surface area contributed by atoms with Crippen LogP contribution in [0, 0.1) is 0 Å². The number of rotatable bonds is 9. The van der Waals surface area contributed by atoms with E-state index in [0.29, 0.717) is 25.1 Å². The summed E-state index contributed by atoms with van der Waals surface area (Å²) in [5, 5.41) is 8.52. The summed E-state index contributed by atoms with van der Waals surface area (Å²) >= 11 is 0. The molecule has 0 saturated carbocycles. The average Bonchev–Trinajstić information content (AvgIpc) is 2.45. The Kier molecular flexibility index (Phi) is 7.07. The second kappa shape index (κ2) is 8.56. The van der Waals surface area contributed by atoms with Gasteiger partial charge >= 0.3 is 5.97 Å². The molecule has 0 aliphatic heterocycles. The summed E-state index contributed by atoms with van der Waals surface area (Å²) in [6.45, 7) is 0.957. The molecular weight excluding hydrogens is 294 g/mol. The van der Waals surface area contributed by atoms with E-state index in [2.05, 4.69) is 4.72 Å². The quantitative estimate of drug-likeness (QED) is 0.532. The molecule has 0 spiro atoms. The number of hydrogen-bond acceptors (Lipinski definition) is 4. The van der Waals surface area contributed by atoms with E-state index in [1.54, 1.807) is 19.2 Å². The van der Waals surface area contributed by atoms with Crippen LogP contribution in [0.2, 0.25) is 0 Å². The highest BCUT2D eigenvalue weighted by Gasteiger charge is 2.12. The van der Waals surface area contributed by atoms with Gasteiger partial charge in [-0.3, -0.25) is 0 Å². The highest BCUT2D eigenvalue weighted by Crippen LogP contribution is 2.11. The monoisotopic (exact) mass is 313 g/mol. The number of sulfonamides is 1. The predicted molar refractivity (Wildman–Crippen MR) is 79.4 cm³/mol. The van der Waals surface area contributed by atoms with Crippen LogP contribution in [0.3, 0.4) is 0 Å². The number of nitrogens with one attached hydrogen (secondary N) is 1. The standard InChI is InChI=1S/C14H19NO5S/c1-20-11-3-2-10-15-21(18,19)13-7-4-12(5-8-13)6-9-14(16)17/h4-9,15H,2-3,10-11H2,1H3,(H,16,17). The number of carboxylic acids is 1. The van der Waals surface area contributed by atoms with Crippen LogP contribution in [0.25, 0.3) is 6.08 Å². The first kappa shape index (κ1) is 17.4. The molecule has 0 unspecified atom stereocenters. The minimum atomic E-state index is -3.53. The van der Waals surface area contributed by atoms with E-state index in [0.717, 1.165) is 12.5 Å². The number of hydrogen-bond donors (Lipinski definition) is 2. The molecule has 2 N–H and O–H groups in total. The third kappa shape index (κ3) is 6.52. The zero-order valence-electron chi connectivity index (χ0n) is 11.8. The third-order valence-corrected chi connectivity index (χ3v) is 4.15. The van der Waals surface area contributed by atoms with Crippen LogP contribution >= 0.6 is 0 Å². The first-order chi connectivity index (χ1) is 9.95. The summed E-state index contributed by atoms with van der Waals surface area (Å²) in [5.74, 6) is -1.05. The van der Waals surface area contributed by atoms with E-state index >= 15 is 0 Å². The van der Waals surface area contributed by atoms with Gasteiger partial charge in [0.2, 0.25) is 10.0 Å². The second-order valence-corrected chi connectivity index (χ2v) is 6.11. The predicted octanol–water partition coefficient (Wildman–Crippen LogP) is 1.49. The molecule has 0 fully saturated rings. The van der Waals surface area contributed by atoms with Gasteiger partial charge in [-0.1, -0.05) is 12.1 Å². The van der Waals surface area contributed by atoms with Crippen molar-refractivity contribution in [3.8, 4) is 0 Å². The van der Waals surface area contributed by atoms with E-state index in [9.17, 15) is 13.2 Å². The van der Waals surface area contributed by atoms with E-state index in [1.165, 1.54) is 18.2 Å². The van der Waals surface area contributed by atoms with Crippen molar-refractivity contribution in [3.05, 3.63) is 35.9 Å². The molecule has 0 aromatic heterocycles. The first-order valence-corrected chi connectivity index (χ1v) is 7.94.